The molecule has 0 aromatic rings. The summed E-state index contributed by atoms with van der Waals surface area (Å²) in [5, 5.41) is 39.3. The second-order valence-electron chi connectivity index (χ2n) is 7.27. The fraction of sp³-hybridized carbons (Fsp3) is 0.600. The Kier molecular flexibility index (Phi) is 11.3. The van der Waals surface area contributed by atoms with Crippen LogP contribution in [0.3, 0.4) is 0 Å². The van der Waals surface area contributed by atoms with E-state index >= 15 is 0 Å². The number of hydrogen-bond acceptors (Lipinski definition) is 10. The quantitative estimate of drug-likeness (QED) is 0.194. The molecule has 0 fully saturated rings. The summed E-state index contributed by atoms with van der Waals surface area (Å²) in [7, 11) is 0. The van der Waals surface area contributed by atoms with Crippen LogP contribution in [0, 0.1) is 0 Å². The maximum absolute atomic E-state index is 11.6. The number of ether oxygens (including phenoxy) is 2. The second kappa shape index (κ2) is 12.3. The maximum Gasteiger partial charge on any atom is 0.306 e. The Bertz CT molecular complexity index is 594. The molecule has 4 N–H and O–H groups in total. The molecule has 0 saturated heterocycles. The van der Waals surface area contributed by atoms with Crippen molar-refractivity contribution in [2.75, 3.05) is 13.2 Å². The molecule has 0 aromatic carbocycles. The Morgan fingerprint density at radius 3 is 1.37 bits per heavy atom. The Morgan fingerprint density at radius 2 is 1.10 bits per heavy atom. The van der Waals surface area contributed by atoms with Crippen LogP contribution in [-0.4, -0.2) is 80.6 Å². The molecule has 30 heavy (non-hydrogen) atoms. The monoisotopic (exact) mass is 430 g/mol. The Hall–Kier alpha value is -2.40. The molecule has 0 rings (SSSR count). The summed E-state index contributed by atoms with van der Waals surface area (Å²) in [4.78, 5) is 46.1. The van der Waals surface area contributed by atoms with Gasteiger partial charge in [0.15, 0.2) is 11.6 Å². The van der Waals surface area contributed by atoms with Gasteiger partial charge in [-0.2, -0.15) is 0 Å². The smallest absolute Gasteiger partial charge is 0.306 e. The lowest BCUT2D eigenvalue weighted by atomic mass is 9.94. The standard InChI is InChI=1S/C20H30O10/c1-5-15(23)19(3,27)9-13(21)11-29-17(25)7-8-18(26)30-12-14(22)10-20(4,28)16(24)6-2/h5-6,13-14,21-22,27-28H,1-2,7-12H2,3-4H3. The van der Waals surface area contributed by atoms with Gasteiger partial charge in [0.25, 0.3) is 0 Å². The molecule has 0 aliphatic heterocycles. The third-order valence-electron chi connectivity index (χ3n) is 4.11. The van der Waals surface area contributed by atoms with Gasteiger partial charge in [0, 0.05) is 12.8 Å². The number of carbonyl (C=O) groups is 4. The van der Waals surface area contributed by atoms with Crippen molar-refractivity contribution in [3.63, 3.8) is 0 Å². The van der Waals surface area contributed by atoms with Crippen molar-refractivity contribution in [1.82, 2.24) is 0 Å². The summed E-state index contributed by atoms with van der Waals surface area (Å²) in [6.45, 7) is 7.89. The number of rotatable bonds is 15. The molecule has 4 atom stereocenters. The van der Waals surface area contributed by atoms with Gasteiger partial charge < -0.3 is 29.9 Å². The highest BCUT2D eigenvalue weighted by molar-refractivity contribution is 5.96. The minimum Gasteiger partial charge on any atom is -0.463 e. The lowest BCUT2D eigenvalue weighted by Gasteiger charge is -2.23. The van der Waals surface area contributed by atoms with Gasteiger partial charge in [-0.05, 0) is 26.0 Å². The minimum atomic E-state index is -1.85. The van der Waals surface area contributed by atoms with Gasteiger partial charge in [0.2, 0.25) is 0 Å². The van der Waals surface area contributed by atoms with E-state index in [0.717, 1.165) is 12.2 Å². The SMILES string of the molecule is C=CC(=O)C(C)(O)CC(O)COC(=O)CCC(=O)OCC(O)CC(C)(O)C(=O)C=C. The predicted molar refractivity (Wildman–Crippen MR) is 104 cm³/mol. The summed E-state index contributed by atoms with van der Waals surface area (Å²) >= 11 is 0. The molecule has 0 amide bonds. The van der Waals surface area contributed by atoms with E-state index in [1.165, 1.54) is 13.8 Å². The van der Waals surface area contributed by atoms with Crippen molar-refractivity contribution < 1.29 is 49.1 Å². The zero-order valence-electron chi connectivity index (χ0n) is 17.2. The van der Waals surface area contributed by atoms with Crippen molar-refractivity contribution >= 4 is 23.5 Å². The molecule has 4 unspecified atom stereocenters. The first-order valence-electron chi connectivity index (χ1n) is 9.21. The number of hydrogen-bond donors (Lipinski definition) is 4. The first-order chi connectivity index (χ1) is 13.7. The normalized spacial score (nSPS) is 16.9. The number of ketones is 2. The van der Waals surface area contributed by atoms with E-state index < -0.39 is 60.1 Å². The largest absolute Gasteiger partial charge is 0.463 e. The number of aliphatic hydroxyl groups excluding tert-OH is 2. The summed E-state index contributed by atoms with van der Waals surface area (Å²) in [6.07, 6.45) is -2.25. The number of esters is 2. The van der Waals surface area contributed by atoms with Crippen LogP contribution in [0.15, 0.2) is 25.3 Å². The third-order valence-corrected chi connectivity index (χ3v) is 4.11. The lowest BCUT2D eigenvalue weighted by Crippen LogP contribution is -2.39. The molecular weight excluding hydrogens is 400 g/mol. The van der Waals surface area contributed by atoms with Crippen LogP contribution in [0.1, 0.15) is 39.5 Å². The molecule has 0 aliphatic carbocycles. The van der Waals surface area contributed by atoms with Gasteiger partial charge >= 0.3 is 11.9 Å². The zero-order valence-corrected chi connectivity index (χ0v) is 17.2. The lowest BCUT2D eigenvalue weighted by molar-refractivity contribution is -0.155. The van der Waals surface area contributed by atoms with Crippen molar-refractivity contribution in [2.45, 2.75) is 62.9 Å². The van der Waals surface area contributed by atoms with Crippen LogP contribution in [0.4, 0.5) is 0 Å². The molecule has 0 bridgehead atoms. The van der Waals surface area contributed by atoms with Gasteiger partial charge in [-0.15, -0.1) is 0 Å². The summed E-state index contributed by atoms with van der Waals surface area (Å²) in [5.74, 6) is -3.01. The highest BCUT2D eigenvalue weighted by Gasteiger charge is 2.32. The van der Waals surface area contributed by atoms with Crippen molar-refractivity contribution in [1.29, 1.82) is 0 Å². The minimum absolute atomic E-state index is 0.365. The Labute approximate surface area is 174 Å². The van der Waals surface area contributed by atoms with Crippen LogP contribution in [0.25, 0.3) is 0 Å². The maximum atomic E-state index is 11.6. The molecule has 0 aliphatic rings. The van der Waals surface area contributed by atoms with E-state index in [2.05, 4.69) is 13.2 Å². The van der Waals surface area contributed by atoms with E-state index in [9.17, 15) is 39.6 Å². The highest BCUT2D eigenvalue weighted by Crippen LogP contribution is 2.16. The zero-order chi connectivity index (χ0) is 23.5. The molecule has 10 heteroatoms. The van der Waals surface area contributed by atoms with Crippen LogP contribution in [-0.2, 0) is 28.7 Å². The molecule has 0 aromatic heterocycles. The number of aliphatic hydroxyl groups is 4. The van der Waals surface area contributed by atoms with Crippen LogP contribution >= 0.6 is 0 Å². The fourth-order valence-corrected chi connectivity index (χ4v) is 2.40. The summed E-state index contributed by atoms with van der Waals surface area (Å²) in [6, 6.07) is 0. The van der Waals surface area contributed by atoms with Crippen molar-refractivity contribution in [3.05, 3.63) is 25.3 Å². The highest BCUT2D eigenvalue weighted by atomic mass is 16.5. The average Bonchev–Trinajstić information content (AvgIpc) is 2.66. The van der Waals surface area contributed by atoms with Crippen LogP contribution < -0.4 is 0 Å². The molecule has 0 saturated carbocycles. The topological polar surface area (TPSA) is 168 Å². The molecule has 0 spiro atoms. The van der Waals surface area contributed by atoms with E-state index in [1.807, 2.05) is 0 Å². The average molecular weight is 430 g/mol. The Morgan fingerprint density at radius 1 is 0.800 bits per heavy atom. The van der Waals surface area contributed by atoms with Gasteiger partial charge in [0.05, 0.1) is 25.0 Å². The molecule has 0 heterocycles. The predicted octanol–water partition coefficient (Wildman–Crippen LogP) is -0.633. The third kappa shape index (κ3) is 10.4. The van der Waals surface area contributed by atoms with Crippen LogP contribution in [0.5, 0.6) is 0 Å². The van der Waals surface area contributed by atoms with Gasteiger partial charge in [-0.1, -0.05) is 13.2 Å². The first-order valence-corrected chi connectivity index (χ1v) is 9.21. The van der Waals surface area contributed by atoms with Gasteiger partial charge in [-0.3, -0.25) is 19.2 Å². The van der Waals surface area contributed by atoms with E-state index in [0.29, 0.717) is 0 Å². The number of carbonyl (C=O) groups excluding carboxylic acids is 4. The second-order valence-corrected chi connectivity index (χ2v) is 7.27. The van der Waals surface area contributed by atoms with E-state index in [1.54, 1.807) is 0 Å². The Balaban J connectivity index is 4.21. The van der Waals surface area contributed by atoms with Gasteiger partial charge in [0.1, 0.15) is 24.4 Å². The molecule has 170 valence electrons. The first kappa shape index (κ1) is 27.6. The van der Waals surface area contributed by atoms with E-state index in [4.69, 9.17) is 9.47 Å². The van der Waals surface area contributed by atoms with Gasteiger partial charge in [-0.25, -0.2) is 0 Å². The molecule has 10 nitrogen and oxygen atoms in total. The molecular formula is C20H30O10. The van der Waals surface area contributed by atoms with E-state index in [-0.39, 0.29) is 25.7 Å². The molecule has 0 radical (unpaired) electrons. The van der Waals surface area contributed by atoms with Crippen molar-refractivity contribution in [2.24, 2.45) is 0 Å². The fourth-order valence-electron chi connectivity index (χ4n) is 2.40. The summed E-state index contributed by atoms with van der Waals surface area (Å²) < 4.78 is 9.54. The van der Waals surface area contributed by atoms with Crippen molar-refractivity contribution in [3.8, 4) is 0 Å². The van der Waals surface area contributed by atoms with Crippen LogP contribution in [0.2, 0.25) is 0 Å². The summed E-state index contributed by atoms with van der Waals surface area (Å²) in [5.41, 5.74) is -3.70.